The lowest BCUT2D eigenvalue weighted by Crippen LogP contribution is -2.45. The van der Waals surface area contributed by atoms with Crippen molar-refractivity contribution < 1.29 is 24.2 Å². The fourth-order valence-electron chi connectivity index (χ4n) is 3.94. The molecule has 1 aliphatic heterocycles. The van der Waals surface area contributed by atoms with E-state index in [0.29, 0.717) is 30.5 Å². The average molecular weight is 499 g/mol. The molecule has 3 amide bonds. The molecule has 0 aromatic heterocycles. The van der Waals surface area contributed by atoms with Crippen LogP contribution in [-0.2, 0) is 9.47 Å². The summed E-state index contributed by atoms with van der Waals surface area (Å²) in [6, 6.07) is 7.44. The smallest absolute Gasteiger partial charge is 0.407 e. The summed E-state index contributed by atoms with van der Waals surface area (Å²) in [7, 11) is 5.17. The lowest BCUT2D eigenvalue weighted by Gasteiger charge is -2.28. The van der Waals surface area contributed by atoms with Crippen molar-refractivity contribution >= 4 is 23.7 Å². The van der Waals surface area contributed by atoms with Crippen LogP contribution in [0.15, 0.2) is 24.3 Å². The standard InChI is InChI=1S/C24H39ClN4O5/c1-26-21(14-18-6-5-12-33-17-18)16-27-23(30)28(2)10-9-22(19-7-4-8-20(25)15-19)34-13-11-29(3)24(31)32/h4,7-8,15,18,21-22,26H,5-6,9-14,16-17H2,1-3H3,(H,27,30)(H,31,32)/t18-,21+,22-/m1/s1. The van der Waals surface area contributed by atoms with Crippen LogP contribution < -0.4 is 10.6 Å². The second-order valence-corrected chi connectivity index (χ2v) is 9.26. The van der Waals surface area contributed by atoms with Crippen molar-refractivity contribution in [3.8, 4) is 0 Å². The molecule has 0 aliphatic carbocycles. The largest absolute Gasteiger partial charge is 0.465 e. The molecule has 1 aromatic rings. The minimum atomic E-state index is -1.00. The number of likely N-dealkylation sites (N-methyl/N-ethyl adjacent to an activating group) is 2. The maximum atomic E-state index is 12.7. The summed E-state index contributed by atoms with van der Waals surface area (Å²) in [6.07, 6.45) is 2.46. The Hall–Kier alpha value is -2.07. The zero-order valence-electron chi connectivity index (χ0n) is 20.5. The Bertz CT molecular complexity index is 763. The van der Waals surface area contributed by atoms with Crippen molar-refractivity contribution in [3.05, 3.63) is 34.9 Å². The molecular weight excluding hydrogens is 460 g/mol. The molecule has 1 saturated heterocycles. The third-order valence-electron chi connectivity index (χ3n) is 6.15. The topological polar surface area (TPSA) is 103 Å². The number of carbonyl (C=O) groups excluding carboxylic acids is 1. The maximum absolute atomic E-state index is 12.7. The minimum absolute atomic E-state index is 0.143. The van der Waals surface area contributed by atoms with Gasteiger partial charge in [0.1, 0.15) is 0 Å². The van der Waals surface area contributed by atoms with Gasteiger partial charge in [0.15, 0.2) is 0 Å². The summed E-state index contributed by atoms with van der Waals surface area (Å²) in [6.45, 7) is 3.15. The molecule has 0 bridgehead atoms. The molecule has 1 aromatic carbocycles. The average Bonchev–Trinajstić information content (AvgIpc) is 2.83. The van der Waals surface area contributed by atoms with Crippen LogP contribution in [0.3, 0.4) is 0 Å². The van der Waals surface area contributed by atoms with E-state index in [9.17, 15) is 9.59 Å². The molecule has 3 N–H and O–H groups in total. The van der Waals surface area contributed by atoms with Crippen LogP contribution in [0.5, 0.6) is 0 Å². The number of hydrogen-bond acceptors (Lipinski definition) is 5. The van der Waals surface area contributed by atoms with E-state index >= 15 is 0 Å². The van der Waals surface area contributed by atoms with E-state index in [4.69, 9.17) is 26.2 Å². The molecule has 192 valence electrons. The SMILES string of the molecule is CN[C@H](CNC(=O)N(C)CC[C@@H](OCCN(C)C(=O)O)c1cccc(Cl)c1)C[C@H]1CCCOC1. The molecule has 2 rings (SSSR count). The number of halogens is 1. The number of nitrogens with one attached hydrogen (secondary N) is 2. The fraction of sp³-hybridized carbons (Fsp3) is 0.667. The highest BCUT2D eigenvalue weighted by atomic mass is 35.5. The monoisotopic (exact) mass is 498 g/mol. The molecule has 10 heteroatoms. The van der Waals surface area contributed by atoms with Gasteiger partial charge >= 0.3 is 12.1 Å². The molecule has 9 nitrogen and oxygen atoms in total. The van der Waals surface area contributed by atoms with Gasteiger partial charge in [-0.3, -0.25) is 0 Å². The van der Waals surface area contributed by atoms with E-state index in [-0.39, 0.29) is 31.3 Å². The van der Waals surface area contributed by atoms with E-state index < -0.39 is 6.09 Å². The van der Waals surface area contributed by atoms with Crippen molar-refractivity contribution in [2.24, 2.45) is 5.92 Å². The van der Waals surface area contributed by atoms with Crippen molar-refractivity contribution in [2.75, 3.05) is 60.6 Å². The van der Waals surface area contributed by atoms with Gasteiger partial charge in [-0.1, -0.05) is 23.7 Å². The Morgan fingerprint density at radius 2 is 2.09 bits per heavy atom. The Labute approximate surface area is 207 Å². The highest BCUT2D eigenvalue weighted by Crippen LogP contribution is 2.24. The lowest BCUT2D eigenvalue weighted by atomic mass is 9.94. The van der Waals surface area contributed by atoms with E-state index in [2.05, 4.69) is 10.6 Å². The molecular formula is C24H39ClN4O5. The van der Waals surface area contributed by atoms with Gasteiger partial charge in [0.25, 0.3) is 0 Å². The van der Waals surface area contributed by atoms with Crippen LogP contribution in [0.2, 0.25) is 5.02 Å². The van der Waals surface area contributed by atoms with Gasteiger partial charge in [-0.15, -0.1) is 0 Å². The quantitative estimate of drug-likeness (QED) is 0.385. The normalized spacial score (nSPS) is 17.6. The molecule has 0 unspecified atom stereocenters. The zero-order valence-corrected chi connectivity index (χ0v) is 21.2. The third-order valence-corrected chi connectivity index (χ3v) is 6.38. The Kier molecular flexibility index (Phi) is 12.5. The first-order chi connectivity index (χ1) is 16.3. The number of urea groups is 1. The van der Waals surface area contributed by atoms with Crippen LogP contribution >= 0.6 is 11.6 Å². The number of benzene rings is 1. The van der Waals surface area contributed by atoms with Gasteiger partial charge in [-0.25, -0.2) is 9.59 Å². The van der Waals surface area contributed by atoms with Crippen LogP contribution in [0.4, 0.5) is 9.59 Å². The van der Waals surface area contributed by atoms with Crippen LogP contribution in [0.1, 0.15) is 37.4 Å². The van der Waals surface area contributed by atoms with Gasteiger partial charge < -0.3 is 35.0 Å². The Balaban J connectivity index is 1.84. The number of nitrogens with zero attached hydrogens (tertiary/aromatic N) is 2. The van der Waals surface area contributed by atoms with E-state index in [0.717, 1.165) is 31.6 Å². The van der Waals surface area contributed by atoms with Crippen molar-refractivity contribution in [2.45, 2.75) is 37.8 Å². The summed E-state index contributed by atoms with van der Waals surface area (Å²) in [5.41, 5.74) is 0.893. The van der Waals surface area contributed by atoms with Gasteiger partial charge in [0.05, 0.1) is 12.7 Å². The summed E-state index contributed by atoms with van der Waals surface area (Å²) >= 11 is 6.15. The van der Waals surface area contributed by atoms with Crippen LogP contribution in [0.25, 0.3) is 0 Å². The van der Waals surface area contributed by atoms with Gasteiger partial charge in [0.2, 0.25) is 0 Å². The summed E-state index contributed by atoms with van der Waals surface area (Å²) in [5.74, 6) is 0.525. The Morgan fingerprint density at radius 3 is 2.74 bits per heavy atom. The number of ether oxygens (including phenoxy) is 2. The third kappa shape index (κ3) is 10.0. The molecule has 34 heavy (non-hydrogen) atoms. The second kappa shape index (κ2) is 15.0. The highest BCUT2D eigenvalue weighted by Gasteiger charge is 2.21. The zero-order chi connectivity index (χ0) is 24.9. The highest BCUT2D eigenvalue weighted by molar-refractivity contribution is 6.30. The van der Waals surface area contributed by atoms with E-state index in [1.165, 1.54) is 18.4 Å². The van der Waals surface area contributed by atoms with E-state index in [1.54, 1.807) is 18.0 Å². The van der Waals surface area contributed by atoms with Crippen molar-refractivity contribution in [1.29, 1.82) is 0 Å². The summed E-state index contributed by atoms with van der Waals surface area (Å²) in [4.78, 5) is 26.5. The number of amides is 3. The molecule has 1 aliphatic rings. The van der Waals surface area contributed by atoms with Crippen LogP contribution in [-0.4, -0.2) is 93.7 Å². The lowest BCUT2D eigenvalue weighted by molar-refractivity contribution is 0.0319. The van der Waals surface area contributed by atoms with E-state index in [1.807, 2.05) is 25.2 Å². The minimum Gasteiger partial charge on any atom is -0.465 e. The summed E-state index contributed by atoms with van der Waals surface area (Å²) < 4.78 is 11.6. The molecule has 0 radical (unpaired) electrons. The predicted octanol–water partition coefficient (Wildman–Crippen LogP) is 3.44. The van der Waals surface area contributed by atoms with Gasteiger partial charge in [-0.05, 0) is 56.3 Å². The molecule has 1 heterocycles. The molecule has 1 fully saturated rings. The fourth-order valence-corrected chi connectivity index (χ4v) is 4.14. The second-order valence-electron chi connectivity index (χ2n) is 8.82. The molecule has 3 atom stereocenters. The van der Waals surface area contributed by atoms with Gasteiger partial charge in [0, 0.05) is 58.0 Å². The maximum Gasteiger partial charge on any atom is 0.407 e. The summed E-state index contributed by atoms with van der Waals surface area (Å²) in [5, 5.41) is 15.9. The number of hydrogen-bond donors (Lipinski definition) is 3. The van der Waals surface area contributed by atoms with Crippen molar-refractivity contribution in [1.82, 2.24) is 20.4 Å². The first-order valence-electron chi connectivity index (χ1n) is 11.8. The van der Waals surface area contributed by atoms with Crippen LogP contribution in [0, 0.1) is 5.92 Å². The predicted molar refractivity (Wildman–Crippen MR) is 132 cm³/mol. The molecule has 0 saturated carbocycles. The molecule has 0 spiro atoms. The number of carboxylic acid groups (broad SMARTS) is 1. The Morgan fingerprint density at radius 1 is 1.29 bits per heavy atom. The number of carbonyl (C=O) groups is 2. The number of rotatable bonds is 13. The first kappa shape index (κ1) is 28.2. The first-order valence-corrected chi connectivity index (χ1v) is 12.2. The van der Waals surface area contributed by atoms with Gasteiger partial charge in [-0.2, -0.15) is 0 Å². The van der Waals surface area contributed by atoms with Crippen molar-refractivity contribution in [3.63, 3.8) is 0 Å².